The first kappa shape index (κ1) is 10.8. The number of hydrogen-bond acceptors (Lipinski definition) is 3. The summed E-state index contributed by atoms with van der Waals surface area (Å²) in [5.74, 6) is 0.352. The summed E-state index contributed by atoms with van der Waals surface area (Å²) in [5, 5.41) is 2.02. The molecule has 82 valence electrons. The Morgan fingerprint density at radius 1 is 1.47 bits per heavy atom. The highest BCUT2D eigenvalue weighted by molar-refractivity contribution is 7.10. The minimum absolute atomic E-state index is 0.190. The molecule has 0 atom stereocenters. The minimum Gasteiger partial charge on any atom is -0.329 e. The van der Waals surface area contributed by atoms with Gasteiger partial charge in [0, 0.05) is 23.3 Å². The van der Waals surface area contributed by atoms with Crippen molar-refractivity contribution in [2.75, 3.05) is 6.54 Å². The molecule has 0 unspecified atom stereocenters. The maximum Gasteiger partial charge on any atom is 0.145 e. The molecule has 1 aliphatic rings. The predicted molar refractivity (Wildman–Crippen MR) is 63.0 cm³/mol. The van der Waals surface area contributed by atoms with Gasteiger partial charge in [0.25, 0.3) is 0 Å². The van der Waals surface area contributed by atoms with Gasteiger partial charge in [0.2, 0.25) is 0 Å². The third-order valence-corrected chi connectivity index (χ3v) is 4.33. The second-order valence-corrected chi connectivity index (χ2v) is 5.40. The van der Waals surface area contributed by atoms with Crippen LogP contribution < -0.4 is 5.73 Å². The minimum atomic E-state index is -0.190. The monoisotopic (exact) mass is 223 g/mol. The molecule has 1 aromatic rings. The van der Waals surface area contributed by atoms with E-state index in [1.807, 2.05) is 17.5 Å². The van der Waals surface area contributed by atoms with Crippen LogP contribution in [0.3, 0.4) is 0 Å². The van der Waals surface area contributed by atoms with Crippen molar-refractivity contribution in [2.24, 2.45) is 11.1 Å². The first-order valence-electron chi connectivity index (χ1n) is 5.53. The van der Waals surface area contributed by atoms with E-state index in [0.717, 1.165) is 25.7 Å². The lowest BCUT2D eigenvalue weighted by molar-refractivity contribution is -0.127. The summed E-state index contributed by atoms with van der Waals surface area (Å²) >= 11 is 1.66. The molecule has 0 aromatic carbocycles. The van der Waals surface area contributed by atoms with Crippen molar-refractivity contribution in [3.63, 3.8) is 0 Å². The van der Waals surface area contributed by atoms with Gasteiger partial charge in [-0.15, -0.1) is 11.3 Å². The van der Waals surface area contributed by atoms with E-state index in [2.05, 4.69) is 0 Å². The highest BCUT2D eigenvalue weighted by Crippen LogP contribution is 2.38. The second kappa shape index (κ2) is 4.45. The van der Waals surface area contributed by atoms with E-state index in [1.54, 1.807) is 11.3 Å². The fraction of sp³-hybridized carbons (Fsp3) is 0.583. The number of rotatable bonds is 4. The molecule has 3 heteroatoms. The zero-order valence-electron chi connectivity index (χ0n) is 8.87. The Labute approximate surface area is 94.5 Å². The van der Waals surface area contributed by atoms with E-state index in [9.17, 15) is 4.79 Å². The molecule has 2 rings (SSSR count). The largest absolute Gasteiger partial charge is 0.329 e. The van der Waals surface area contributed by atoms with Crippen molar-refractivity contribution in [1.82, 2.24) is 0 Å². The number of carbonyl (C=O) groups excluding carboxylic acids is 1. The SMILES string of the molecule is NCC1(C(=O)Cc2cccs2)CCCC1. The molecule has 0 radical (unpaired) electrons. The molecule has 0 bridgehead atoms. The van der Waals surface area contributed by atoms with Gasteiger partial charge in [0.05, 0.1) is 0 Å². The molecule has 0 amide bonds. The third kappa shape index (κ3) is 2.13. The molecule has 1 heterocycles. The fourth-order valence-electron chi connectivity index (χ4n) is 2.41. The molecular formula is C12H17NOS. The lowest BCUT2D eigenvalue weighted by Crippen LogP contribution is -2.37. The van der Waals surface area contributed by atoms with Gasteiger partial charge in [-0.3, -0.25) is 4.79 Å². The summed E-state index contributed by atoms with van der Waals surface area (Å²) < 4.78 is 0. The van der Waals surface area contributed by atoms with Crippen LogP contribution in [0.5, 0.6) is 0 Å². The first-order valence-corrected chi connectivity index (χ1v) is 6.40. The van der Waals surface area contributed by atoms with Gasteiger partial charge in [-0.2, -0.15) is 0 Å². The van der Waals surface area contributed by atoms with E-state index in [1.165, 1.54) is 4.88 Å². The Morgan fingerprint density at radius 3 is 2.73 bits per heavy atom. The van der Waals surface area contributed by atoms with Crippen molar-refractivity contribution in [2.45, 2.75) is 32.1 Å². The summed E-state index contributed by atoms with van der Waals surface area (Å²) in [6, 6.07) is 4.03. The zero-order chi connectivity index (χ0) is 10.7. The zero-order valence-corrected chi connectivity index (χ0v) is 9.69. The Bertz CT molecular complexity index is 325. The molecule has 0 spiro atoms. The van der Waals surface area contributed by atoms with Crippen LogP contribution in [0, 0.1) is 5.41 Å². The summed E-state index contributed by atoms with van der Waals surface area (Å²) in [5.41, 5.74) is 5.59. The maximum absolute atomic E-state index is 12.2. The summed E-state index contributed by atoms with van der Waals surface area (Å²) in [4.78, 5) is 13.4. The number of hydrogen-bond donors (Lipinski definition) is 1. The summed E-state index contributed by atoms with van der Waals surface area (Å²) in [6.07, 6.45) is 4.89. The van der Waals surface area contributed by atoms with Gasteiger partial charge in [0.1, 0.15) is 5.78 Å². The molecular weight excluding hydrogens is 206 g/mol. The van der Waals surface area contributed by atoms with E-state index < -0.39 is 0 Å². The molecule has 1 saturated carbocycles. The second-order valence-electron chi connectivity index (χ2n) is 4.37. The van der Waals surface area contributed by atoms with Crippen molar-refractivity contribution < 1.29 is 4.79 Å². The van der Waals surface area contributed by atoms with Gasteiger partial charge in [-0.05, 0) is 24.3 Å². The Balaban J connectivity index is 2.06. The van der Waals surface area contributed by atoms with Crippen LogP contribution in [-0.4, -0.2) is 12.3 Å². The quantitative estimate of drug-likeness (QED) is 0.851. The molecule has 0 saturated heterocycles. The number of ketones is 1. The van der Waals surface area contributed by atoms with Gasteiger partial charge in [-0.1, -0.05) is 18.9 Å². The van der Waals surface area contributed by atoms with Crippen LogP contribution >= 0.6 is 11.3 Å². The number of carbonyl (C=O) groups is 1. The maximum atomic E-state index is 12.2. The Hall–Kier alpha value is -0.670. The molecule has 1 fully saturated rings. The van der Waals surface area contributed by atoms with Crippen LogP contribution in [0.4, 0.5) is 0 Å². The normalized spacial score (nSPS) is 19.3. The van der Waals surface area contributed by atoms with Crippen molar-refractivity contribution in [3.8, 4) is 0 Å². The van der Waals surface area contributed by atoms with Crippen LogP contribution in [0.25, 0.3) is 0 Å². The fourth-order valence-corrected chi connectivity index (χ4v) is 3.11. The molecule has 15 heavy (non-hydrogen) atoms. The van der Waals surface area contributed by atoms with E-state index in [0.29, 0.717) is 18.7 Å². The topological polar surface area (TPSA) is 43.1 Å². The highest BCUT2D eigenvalue weighted by Gasteiger charge is 2.39. The van der Waals surface area contributed by atoms with Gasteiger partial charge >= 0.3 is 0 Å². The molecule has 1 aliphatic carbocycles. The first-order chi connectivity index (χ1) is 7.27. The predicted octanol–water partition coefficient (Wildman–Crippen LogP) is 2.38. The number of Topliss-reactive ketones (excluding diaryl/α,β-unsaturated/α-hetero) is 1. The van der Waals surface area contributed by atoms with Crippen LogP contribution in [0.2, 0.25) is 0 Å². The smallest absolute Gasteiger partial charge is 0.145 e. The molecule has 2 nitrogen and oxygen atoms in total. The average molecular weight is 223 g/mol. The Morgan fingerprint density at radius 2 is 2.20 bits per heavy atom. The van der Waals surface area contributed by atoms with Crippen LogP contribution in [0.1, 0.15) is 30.6 Å². The van der Waals surface area contributed by atoms with Gasteiger partial charge in [-0.25, -0.2) is 0 Å². The number of nitrogens with two attached hydrogens (primary N) is 1. The van der Waals surface area contributed by atoms with Crippen molar-refractivity contribution in [3.05, 3.63) is 22.4 Å². The summed E-state index contributed by atoms with van der Waals surface area (Å²) in [6.45, 7) is 0.525. The van der Waals surface area contributed by atoms with Gasteiger partial charge < -0.3 is 5.73 Å². The third-order valence-electron chi connectivity index (χ3n) is 3.46. The van der Waals surface area contributed by atoms with E-state index in [4.69, 9.17) is 5.73 Å². The van der Waals surface area contributed by atoms with Crippen LogP contribution in [-0.2, 0) is 11.2 Å². The molecule has 1 aromatic heterocycles. The summed E-state index contributed by atoms with van der Waals surface area (Å²) in [7, 11) is 0. The van der Waals surface area contributed by atoms with Crippen molar-refractivity contribution in [1.29, 1.82) is 0 Å². The molecule has 2 N–H and O–H groups in total. The molecule has 0 aliphatic heterocycles. The highest BCUT2D eigenvalue weighted by atomic mass is 32.1. The van der Waals surface area contributed by atoms with E-state index >= 15 is 0 Å². The van der Waals surface area contributed by atoms with Gasteiger partial charge in [0.15, 0.2) is 0 Å². The average Bonchev–Trinajstić information content (AvgIpc) is 2.87. The van der Waals surface area contributed by atoms with E-state index in [-0.39, 0.29) is 5.41 Å². The lowest BCUT2D eigenvalue weighted by Gasteiger charge is -2.25. The van der Waals surface area contributed by atoms with Crippen LogP contribution in [0.15, 0.2) is 17.5 Å². The Kier molecular flexibility index (Phi) is 3.22. The lowest BCUT2D eigenvalue weighted by atomic mass is 9.80. The standard InChI is InChI=1S/C12H17NOS/c13-9-12(5-1-2-6-12)11(14)8-10-4-3-7-15-10/h3-4,7H,1-2,5-6,8-9,13H2. The number of thiophene rings is 1. The van der Waals surface area contributed by atoms with Crippen molar-refractivity contribution >= 4 is 17.1 Å².